The van der Waals surface area contributed by atoms with Gasteiger partial charge in [-0.05, 0) is 56.4 Å². The second-order valence-corrected chi connectivity index (χ2v) is 6.50. The molecule has 0 aromatic heterocycles. The Morgan fingerprint density at radius 2 is 1.74 bits per heavy atom. The van der Waals surface area contributed by atoms with Gasteiger partial charge in [-0.25, -0.2) is 4.99 Å². The van der Waals surface area contributed by atoms with Crippen molar-refractivity contribution in [2.45, 2.75) is 40.0 Å². The van der Waals surface area contributed by atoms with E-state index >= 15 is 0 Å². The molecule has 1 aliphatic rings. The van der Waals surface area contributed by atoms with Crippen molar-refractivity contribution in [1.29, 1.82) is 0 Å². The smallest absolute Gasteiger partial charge is 0.218 e. The van der Waals surface area contributed by atoms with E-state index in [-0.39, 0.29) is 5.92 Å². The molecule has 120 valence electrons. The predicted octanol–water partition coefficient (Wildman–Crippen LogP) is 4.14. The molecule has 0 fully saturated rings. The SMILES string of the molecule is Cc1cc(C)cc(C(Cc2ccc(C)c(C)c2)C2=NCNO2)c1. The first-order chi connectivity index (χ1) is 11.0. The molecule has 0 saturated heterocycles. The molecule has 2 aromatic carbocycles. The molecule has 3 heteroatoms. The van der Waals surface area contributed by atoms with Gasteiger partial charge in [0.15, 0.2) is 0 Å². The van der Waals surface area contributed by atoms with Crippen LogP contribution in [-0.2, 0) is 11.3 Å². The Morgan fingerprint density at radius 3 is 2.35 bits per heavy atom. The third-order valence-electron chi connectivity index (χ3n) is 4.43. The third-order valence-corrected chi connectivity index (χ3v) is 4.43. The van der Waals surface area contributed by atoms with Gasteiger partial charge in [-0.3, -0.25) is 0 Å². The molecule has 1 atom stereocenters. The first kappa shape index (κ1) is 15.8. The molecule has 23 heavy (non-hydrogen) atoms. The Balaban J connectivity index is 1.96. The lowest BCUT2D eigenvalue weighted by Crippen LogP contribution is -2.19. The number of nitrogens with zero attached hydrogens (tertiary/aromatic N) is 1. The normalized spacial score (nSPS) is 15.2. The summed E-state index contributed by atoms with van der Waals surface area (Å²) in [6, 6.07) is 13.4. The monoisotopic (exact) mass is 308 g/mol. The molecule has 1 unspecified atom stereocenters. The Hall–Kier alpha value is -2.13. The molecular weight excluding hydrogens is 284 g/mol. The first-order valence-corrected chi connectivity index (χ1v) is 8.11. The zero-order chi connectivity index (χ0) is 16.4. The molecule has 0 aliphatic carbocycles. The van der Waals surface area contributed by atoms with Crippen LogP contribution >= 0.6 is 0 Å². The van der Waals surface area contributed by atoms with Crippen molar-refractivity contribution in [3.05, 3.63) is 69.8 Å². The number of hydrogen-bond donors (Lipinski definition) is 1. The van der Waals surface area contributed by atoms with Gasteiger partial charge in [0.05, 0.1) is 5.92 Å². The van der Waals surface area contributed by atoms with Crippen molar-refractivity contribution in [3.8, 4) is 0 Å². The van der Waals surface area contributed by atoms with Crippen molar-refractivity contribution < 1.29 is 4.84 Å². The van der Waals surface area contributed by atoms with Gasteiger partial charge < -0.3 is 4.84 Å². The molecule has 0 bridgehead atoms. The lowest BCUT2D eigenvalue weighted by molar-refractivity contribution is 0.205. The van der Waals surface area contributed by atoms with Crippen molar-refractivity contribution in [3.63, 3.8) is 0 Å². The number of benzene rings is 2. The highest BCUT2D eigenvalue weighted by Gasteiger charge is 2.24. The van der Waals surface area contributed by atoms with Crippen LogP contribution in [0.2, 0.25) is 0 Å². The fourth-order valence-corrected chi connectivity index (χ4v) is 3.16. The number of aliphatic imine (C=N–C) groups is 1. The van der Waals surface area contributed by atoms with E-state index in [1.807, 2.05) is 0 Å². The maximum Gasteiger partial charge on any atom is 0.218 e. The van der Waals surface area contributed by atoms with E-state index in [1.54, 1.807) is 0 Å². The molecule has 0 radical (unpaired) electrons. The first-order valence-electron chi connectivity index (χ1n) is 8.11. The van der Waals surface area contributed by atoms with Crippen molar-refractivity contribution >= 4 is 5.90 Å². The van der Waals surface area contributed by atoms with Crippen LogP contribution in [0, 0.1) is 27.7 Å². The molecular formula is C20H24N2O. The quantitative estimate of drug-likeness (QED) is 0.921. The summed E-state index contributed by atoms with van der Waals surface area (Å²) < 4.78 is 0. The number of aryl methyl sites for hydroxylation is 4. The summed E-state index contributed by atoms with van der Waals surface area (Å²) in [6.45, 7) is 9.12. The Bertz CT molecular complexity index is 729. The second kappa shape index (κ2) is 6.55. The molecule has 0 spiro atoms. The van der Waals surface area contributed by atoms with E-state index in [4.69, 9.17) is 4.84 Å². The maximum absolute atomic E-state index is 5.58. The van der Waals surface area contributed by atoms with Crippen LogP contribution in [0.25, 0.3) is 0 Å². The Morgan fingerprint density at radius 1 is 1.00 bits per heavy atom. The Kier molecular flexibility index (Phi) is 4.49. The topological polar surface area (TPSA) is 33.6 Å². The molecule has 3 nitrogen and oxygen atoms in total. The number of rotatable bonds is 4. The van der Waals surface area contributed by atoms with Gasteiger partial charge >= 0.3 is 0 Å². The summed E-state index contributed by atoms with van der Waals surface area (Å²) in [4.78, 5) is 10.1. The average molecular weight is 308 g/mol. The Labute approximate surface area is 138 Å². The van der Waals surface area contributed by atoms with Gasteiger partial charge in [-0.2, -0.15) is 0 Å². The molecule has 1 N–H and O–H groups in total. The van der Waals surface area contributed by atoms with Gasteiger partial charge in [-0.1, -0.05) is 47.5 Å². The minimum absolute atomic E-state index is 0.144. The van der Waals surface area contributed by atoms with Crippen LogP contribution in [0.1, 0.15) is 39.3 Å². The van der Waals surface area contributed by atoms with Gasteiger partial charge in [0.25, 0.3) is 0 Å². The van der Waals surface area contributed by atoms with Crippen LogP contribution in [0.4, 0.5) is 0 Å². The molecule has 2 aromatic rings. The van der Waals surface area contributed by atoms with E-state index < -0.39 is 0 Å². The van der Waals surface area contributed by atoms with Gasteiger partial charge in [0.2, 0.25) is 5.90 Å². The molecule has 1 heterocycles. The predicted molar refractivity (Wildman–Crippen MR) is 94.8 cm³/mol. The summed E-state index contributed by atoms with van der Waals surface area (Å²) >= 11 is 0. The fraction of sp³-hybridized carbons (Fsp3) is 0.350. The summed E-state index contributed by atoms with van der Waals surface area (Å²) in [6.07, 6.45) is 0.893. The highest BCUT2D eigenvalue weighted by Crippen LogP contribution is 2.27. The maximum atomic E-state index is 5.58. The highest BCUT2D eigenvalue weighted by molar-refractivity contribution is 5.84. The van der Waals surface area contributed by atoms with Crippen LogP contribution in [-0.4, -0.2) is 12.6 Å². The fourth-order valence-electron chi connectivity index (χ4n) is 3.16. The minimum Gasteiger partial charge on any atom is -0.391 e. The molecule has 0 amide bonds. The molecule has 3 rings (SSSR count). The average Bonchev–Trinajstić information content (AvgIpc) is 3.01. The molecule has 0 saturated carbocycles. The summed E-state index contributed by atoms with van der Waals surface area (Å²) in [5.74, 6) is 0.930. The van der Waals surface area contributed by atoms with Gasteiger partial charge in [0, 0.05) is 0 Å². The zero-order valence-electron chi connectivity index (χ0n) is 14.3. The molecule has 1 aliphatic heterocycles. The minimum atomic E-state index is 0.144. The number of nitrogens with one attached hydrogen (secondary N) is 1. The van der Waals surface area contributed by atoms with Crippen LogP contribution in [0.5, 0.6) is 0 Å². The summed E-state index contributed by atoms with van der Waals surface area (Å²) in [5.41, 5.74) is 10.6. The second-order valence-electron chi connectivity index (χ2n) is 6.50. The van der Waals surface area contributed by atoms with E-state index in [0.717, 1.165) is 12.3 Å². The van der Waals surface area contributed by atoms with Crippen molar-refractivity contribution in [1.82, 2.24) is 5.48 Å². The zero-order valence-corrected chi connectivity index (χ0v) is 14.3. The van der Waals surface area contributed by atoms with Gasteiger partial charge in [-0.15, -0.1) is 5.48 Å². The largest absolute Gasteiger partial charge is 0.391 e. The summed E-state index contributed by atoms with van der Waals surface area (Å²) in [7, 11) is 0. The van der Waals surface area contributed by atoms with Crippen molar-refractivity contribution in [2.24, 2.45) is 4.99 Å². The van der Waals surface area contributed by atoms with E-state index in [2.05, 4.69) is 74.6 Å². The lowest BCUT2D eigenvalue weighted by atomic mass is 9.89. The van der Waals surface area contributed by atoms with Crippen molar-refractivity contribution in [2.75, 3.05) is 6.67 Å². The van der Waals surface area contributed by atoms with Gasteiger partial charge in [0.1, 0.15) is 6.67 Å². The van der Waals surface area contributed by atoms with E-state index in [9.17, 15) is 0 Å². The van der Waals surface area contributed by atoms with E-state index in [1.165, 1.54) is 33.4 Å². The number of hydroxylamine groups is 1. The standard InChI is InChI=1S/C20H24N2O/c1-13-7-14(2)9-18(8-13)19(20-21-12-22-23-20)11-17-6-5-15(3)16(4)10-17/h5-10,19,22H,11-12H2,1-4H3. The highest BCUT2D eigenvalue weighted by atomic mass is 16.7. The third kappa shape index (κ3) is 3.62. The summed E-state index contributed by atoms with van der Waals surface area (Å²) in [5, 5.41) is 0. The lowest BCUT2D eigenvalue weighted by Gasteiger charge is -2.18. The van der Waals surface area contributed by atoms with Crippen LogP contribution < -0.4 is 5.48 Å². The van der Waals surface area contributed by atoms with E-state index in [0.29, 0.717) is 6.67 Å². The van der Waals surface area contributed by atoms with Crippen LogP contribution in [0.3, 0.4) is 0 Å². The van der Waals surface area contributed by atoms with Crippen LogP contribution in [0.15, 0.2) is 41.4 Å². The number of hydrogen-bond acceptors (Lipinski definition) is 3.